The maximum atomic E-state index is 13.8. The van der Waals surface area contributed by atoms with Crippen molar-refractivity contribution in [3.05, 3.63) is 113 Å². The van der Waals surface area contributed by atoms with E-state index in [-0.39, 0.29) is 11.8 Å². The van der Waals surface area contributed by atoms with Gasteiger partial charge in [-0.05, 0) is 23.3 Å². The van der Waals surface area contributed by atoms with Crippen molar-refractivity contribution < 1.29 is 9.59 Å². The van der Waals surface area contributed by atoms with Gasteiger partial charge in [0, 0.05) is 49.2 Å². The van der Waals surface area contributed by atoms with Crippen molar-refractivity contribution in [1.29, 1.82) is 0 Å². The second-order valence-electron chi connectivity index (χ2n) is 8.59. The summed E-state index contributed by atoms with van der Waals surface area (Å²) in [5, 5.41) is 5.56. The minimum Gasteiger partial charge on any atom is -0.336 e. The summed E-state index contributed by atoms with van der Waals surface area (Å²) in [6, 6.07) is 29.4. The molecule has 0 saturated carbocycles. The monoisotopic (exact) mass is 481 g/mol. The first-order valence-electron chi connectivity index (χ1n) is 11.8. The highest BCUT2D eigenvalue weighted by Crippen LogP contribution is 2.37. The van der Waals surface area contributed by atoms with Crippen molar-refractivity contribution in [2.45, 2.75) is 6.54 Å². The number of carbonyl (C=O) groups is 2. The molecule has 0 radical (unpaired) electrons. The Morgan fingerprint density at radius 1 is 0.771 bits per heavy atom. The molecule has 6 heteroatoms. The number of hydrogen-bond donors (Lipinski definition) is 1. The topological polar surface area (TPSA) is 52.7 Å². The summed E-state index contributed by atoms with van der Waals surface area (Å²) >= 11 is 1.40. The van der Waals surface area contributed by atoms with Crippen LogP contribution < -0.4 is 5.32 Å². The van der Waals surface area contributed by atoms with Crippen LogP contribution in [0.2, 0.25) is 0 Å². The molecule has 2 heterocycles. The second kappa shape index (κ2) is 10.7. The van der Waals surface area contributed by atoms with Gasteiger partial charge in [0.25, 0.3) is 11.8 Å². The Morgan fingerprint density at radius 3 is 2.03 bits per heavy atom. The van der Waals surface area contributed by atoms with Crippen molar-refractivity contribution in [1.82, 2.24) is 9.80 Å². The van der Waals surface area contributed by atoms with Crippen LogP contribution in [0, 0.1) is 0 Å². The lowest BCUT2D eigenvalue weighted by molar-refractivity contribution is 0.0630. The zero-order valence-corrected chi connectivity index (χ0v) is 20.2. The zero-order valence-electron chi connectivity index (χ0n) is 19.4. The summed E-state index contributed by atoms with van der Waals surface area (Å²) < 4.78 is 0. The van der Waals surface area contributed by atoms with E-state index in [0.717, 1.165) is 30.8 Å². The first-order chi connectivity index (χ1) is 17.2. The third-order valence-electron chi connectivity index (χ3n) is 6.26. The van der Waals surface area contributed by atoms with Gasteiger partial charge in [-0.2, -0.15) is 0 Å². The molecule has 2 amide bonds. The highest BCUT2D eigenvalue weighted by molar-refractivity contribution is 7.15. The Morgan fingerprint density at radius 2 is 1.37 bits per heavy atom. The van der Waals surface area contributed by atoms with Crippen LogP contribution in [0.15, 0.2) is 96.4 Å². The summed E-state index contributed by atoms with van der Waals surface area (Å²) in [5.41, 5.74) is 4.24. The minimum atomic E-state index is -0.214. The molecular weight excluding hydrogens is 454 g/mol. The molecule has 5 rings (SSSR count). The third-order valence-corrected chi connectivity index (χ3v) is 7.16. The van der Waals surface area contributed by atoms with Gasteiger partial charge in [-0.1, -0.05) is 78.9 Å². The van der Waals surface area contributed by atoms with Gasteiger partial charge in [0.2, 0.25) is 0 Å². The number of carbonyl (C=O) groups excluding carboxylic acids is 2. The van der Waals surface area contributed by atoms with Crippen LogP contribution in [-0.2, 0) is 6.54 Å². The van der Waals surface area contributed by atoms with Crippen molar-refractivity contribution >= 4 is 28.2 Å². The number of hydrogen-bond acceptors (Lipinski definition) is 4. The largest absolute Gasteiger partial charge is 0.336 e. The van der Waals surface area contributed by atoms with Crippen LogP contribution in [0.3, 0.4) is 0 Å². The number of nitrogens with zero attached hydrogens (tertiary/aromatic N) is 2. The third kappa shape index (κ3) is 5.34. The standard InChI is InChI=1S/C29H27N3O2S/c33-27(24-14-8-3-9-15-24)30-28-26(25(21-35-28)23-12-6-2-7-13-23)29(34)32-18-16-31(17-19-32)20-22-10-4-1-5-11-22/h1-15,21H,16-20H2,(H,30,33). The molecule has 1 aromatic heterocycles. The van der Waals surface area contributed by atoms with Gasteiger partial charge in [0.15, 0.2) is 0 Å². The van der Waals surface area contributed by atoms with E-state index >= 15 is 0 Å². The lowest BCUT2D eigenvalue weighted by atomic mass is 10.0. The zero-order chi connectivity index (χ0) is 24.0. The predicted molar refractivity (Wildman–Crippen MR) is 142 cm³/mol. The van der Waals surface area contributed by atoms with Gasteiger partial charge >= 0.3 is 0 Å². The summed E-state index contributed by atoms with van der Waals surface area (Å²) in [4.78, 5) is 31.0. The van der Waals surface area contributed by atoms with Crippen LogP contribution in [0.25, 0.3) is 11.1 Å². The molecule has 0 bridgehead atoms. The van der Waals surface area contributed by atoms with Crippen LogP contribution >= 0.6 is 11.3 Å². The van der Waals surface area contributed by atoms with E-state index in [0.29, 0.717) is 29.2 Å². The first-order valence-corrected chi connectivity index (χ1v) is 12.7. The van der Waals surface area contributed by atoms with Crippen LogP contribution in [0.5, 0.6) is 0 Å². The molecule has 1 aliphatic heterocycles. The van der Waals surface area contributed by atoms with Crippen molar-refractivity contribution in [2.75, 3.05) is 31.5 Å². The molecule has 0 unspecified atom stereocenters. The Bertz CT molecular complexity index is 1280. The predicted octanol–water partition coefficient (Wildman–Crippen LogP) is 5.63. The average molecular weight is 482 g/mol. The van der Waals surface area contributed by atoms with E-state index in [9.17, 15) is 9.59 Å². The Labute approximate surface area is 209 Å². The van der Waals surface area contributed by atoms with Crippen LogP contribution in [-0.4, -0.2) is 47.8 Å². The Kier molecular flexibility index (Phi) is 7.02. The van der Waals surface area contributed by atoms with E-state index in [2.05, 4.69) is 34.5 Å². The van der Waals surface area contributed by atoms with E-state index in [1.165, 1.54) is 16.9 Å². The number of piperazine rings is 1. The quantitative estimate of drug-likeness (QED) is 0.389. The molecule has 1 saturated heterocycles. The number of rotatable bonds is 6. The maximum absolute atomic E-state index is 13.8. The average Bonchev–Trinajstić information content (AvgIpc) is 3.33. The molecule has 5 nitrogen and oxygen atoms in total. The number of benzene rings is 3. The van der Waals surface area contributed by atoms with Crippen molar-refractivity contribution in [3.8, 4) is 11.1 Å². The van der Waals surface area contributed by atoms with Gasteiger partial charge in [-0.25, -0.2) is 0 Å². The fourth-order valence-electron chi connectivity index (χ4n) is 4.37. The molecule has 35 heavy (non-hydrogen) atoms. The molecule has 4 aromatic rings. The molecule has 176 valence electrons. The fraction of sp³-hybridized carbons (Fsp3) is 0.172. The number of thiophene rings is 1. The summed E-state index contributed by atoms with van der Waals surface area (Å²) in [7, 11) is 0. The SMILES string of the molecule is O=C(Nc1scc(-c2ccccc2)c1C(=O)N1CCN(Cc2ccccc2)CC1)c1ccccc1. The summed E-state index contributed by atoms with van der Waals surface area (Å²) in [5.74, 6) is -0.249. The van der Waals surface area contributed by atoms with Crippen molar-refractivity contribution in [3.63, 3.8) is 0 Å². The molecular formula is C29H27N3O2S. The van der Waals surface area contributed by atoms with Gasteiger partial charge in [-0.15, -0.1) is 11.3 Å². The van der Waals surface area contributed by atoms with Gasteiger partial charge in [-0.3, -0.25) is 14.5 Å². The van der Waals surface area contributed by atoms with E-state index in [4.69, 9.17) is 0 Å². The molecule has 3 aromatic carbocycles. The summed E-state index contributed by atoms with van der Waals surface area (Å²) in [6.45, 7) is 3.83. The van der Waals surface area contributed by atoms with E-state index in [1.54, 1.807) is 12.1 Å². The lowest BCUT2D eigenvalue weighted by Gasteiger charge is -2.35. The summed E-state index contributed by atoms with van der Waals surface area (Å²) in [6.07, 6.45) is 0. The molecule has 1 N–H and O–H groups in total. The molecule has 0 atom stereocenters. The smallest absolute Gasteiger partial charge is 0.257 e. The lowest BCUT2D eigenvalue weighted by Crippen LogP contribution is -2.48. The highest BCUT2D eigenvalue weighted by Gasteiger charge is 2.28. The number of amides is 2. The number of anilines is 1. The van der Waals surface area contributed by atoms with Crippen LogP contribution in [0.1, 0.15) is 26.3 Å². The normalized spacial score (nSPS) is 14.0. The minimum absolute atomic E-state index is 0.0344. The molecule has 1 fully saturated rings. The van der Waals surface area contributed by atoms with E-state index in [1.807, 2.05) is 64.9 Å². The molecule has 0 spiro atoms. The highest BCUT2D eigenvalue weighted by atomic mass is 32.1. The van der Waals surface area contributed by atoms with Gasteiger partial charge in [0.05, 0.1) is 5.56 Å². The van der Waals surface area contributed by atoms with Gasteiger partial charge < -0.3 is 10.2 Å². The first kappa shape index (κ1) is 23.0. The van der Waals surface area contributed by atoms with E-state index < -0.39 is 0 Å². The number of nitrogens with one attached hydrogen (secondary N) is 1. The van der Waals surface area contributed by atoms with Gasteiger partial charge in [0.1, 0.15) is 5.00 Å². The molecule has 0 aliphatic carbocycles. The maximum Gasteiger partial charge on any atom is 0.257 e. The molecule has 1 aliphatic rings. The Hall–Kier alpha value is -3.74. The van der Waals surface area contributed by atoms with Crippen molar-refractivity contribution in [2.24, 2.45) is 0 Å². The Balaban J connectivity index is 1.37. The fourth-order valence-corrected chi connectivity index (χ4v) is 5.32. The van der Waals surface area contributed by atoms with Crippen LogP contribution in [0.4, 0.5) is 5.00 Å². The second-order valence-corrected chi connectivity index (χ2v) is 9.47.